The first-order valence-electron chi connectivity index (χ1n) is 10.4. The van der Waals surface area contributed by atoms with Crippen LogP contribution in [-0.2, 0) is 16.4 Å². The molecule has 1 aliphatic carbocycles. The number of hydrogen-bond acceptors (Lipinski definition) is 5. The molecule has 2 aliphatic rings. The zero-order valence-electron chi connectivity index (χ0n) is 16.9. The Kier molecular flexibility index (Phi) is 5.23. The van der Waals surface area contributed by atoms with Crippen LogP contribution in [0.1, 0.15) is 55.1 Å². The molecule has 0 radical (unpaired) electrons. The number of rotatable bonds is 4. The standard InChI is InChI=1S/C21H27N3O4S/c1-3-23-13-18(19(25)17-10-9-14(2)22-20(17)23)21(26)24-11-16(12-24)29(27,28)15-7-5-4-6-8-15/h9-10,13,15-16H,3-8,11-12H2,1-2H3. The maximum atomic E-state index is 13.0. The fourth-order valence-corrected chi connectivity index (χ4v) is 6.71. The van der Waals surface area contributed by atoms with Gasteiger partial charge < -0.3 is 9.47 Å². The highest BCUT2D eigenvalue weighted by molar-refractivity contribution is 7.92. The molecular formula is C21H27N3O4S. The van der Waals surface area contributed by atoms with Gasteiger partial charge in [0.25, 0.3) is 5.91 Å². The van der Waals surface area contributed by atoms with Gasteiger partial charge in [0.2, 0.25) is 5.43 Å². The Labute approximate surface area is 170 Å². The molecule has 0 N–H and O–H groups in total. The first-order chi connectivity index (χ1) is 13.8. The summed E-state index contributed by atoms with van der Waals surface area (Å²) in [7, 11) is -3.22. The molecule has 2 aromatic rings. The summed E-state index contributed by atoms with van der Waals surface area (Å²) in [5, 5.41) is -0.367. The Morgan fingerprint density at radius 2 is 1.83 bits per heavy atom. The van der Waals surface area contributed by atoms with Crippen LogP contribution in [0.3, 0.4) is 0 Å². The van der Waals surface area contributed by atoms with Gasteiger partial charge in [-0.1, -0.05) is 19.3 Å². The fraction of sp³-hybridized carbons (Fsp3) is 0.571. The van der Waals surface area contributed by atoms with Gasteiger partial charge in [-0.2, -0.15) is 0 Å². The van der Waals surface area contributed by atoms with E-state index in [2.05, 4.69) is 4.98 Å². The number of carbonyl (C=O) groups is 1. The van der Waals surface area contributed by atoms with Crippen LogP contribution in [0.15, 0.2) is 23.1 Å². The van der Waals surface area contributed by atoms with Crippen molar-refractivity contribution in [2.45, 2.75) is 63.0 Å². The number of amides is 1. The lowest BCUT2D eigenvalue weighted by molar-refractivity contribution is 0.0656. The van der Waals surface area contributed by atoms with Gasteiger partial charge in [-0.25, -0.2) is 13.4 Å². The molecular weight excluding hydrogens is 390 g/mol. The number of carbonyl (C=O) groups excluding carboxylic acids is 1. The third-order valence-corrected chi connectivity index (χ3v) is 8.88. The van der Waals surface area contributed by atoms with E-state index in [-0.39, 0.29) is 29.3 Å². The predicted molar refractivity (Wildman–Crippen MR) is 112 cm³/mol. The van der Waals surface area contributed by atoms with E-state index in [1.807, 2.05) is 13.8 Å². The minimum Gasteiger partial charge on any atom is -0.336 e. The average Bonchev–Trinajstić information content (AvgIpc) is 2.67. The number of likely N-dealkylation sites (tertiary alicyclic amines) is 1. The second-order valence-corrected chi connectivity index (χ2v) is 10.7. The molecule has 0 spiro atoms. The summed E-state index contributed by atoms with van der Waals surface area (Å²) in [4.78, 5) is 31.8. The minimum atomic E-state index is -3.22. The lowest BCUT2D eigenvalue weighted by Gasteiger charge is -2.40. The monoisotopic (exact) mass is 417 g/mol. The minimum absolute atomic E-state index is 0.0820. The van der Waals surface area contributed by atoms with Crippen molar-refractivity contribution in [3.8, 4) is 0 Å². The molecule has 0 aromatic carbocycles. The highest BCUT2D eigenvalue weighted by Crippen LogP contribution is 2.30. The van der Waals surface area contributed by atoms with Crippen molar-refractivity contribution in [3.63, 3.8) is 0 Å². The molecule has 0 unspecified atom stereocenters. The Morgan fingerprint density at radius 1 is 1.14 bits per heavy atom. The normalized spacial score (nSPS) is 18.8. The van der Waals surface area contributed by atoms with Crippen molar-refractivity contribution < 1.29 is 13.2 Å². The molecule has 2 fully saturated rings. The summed E-state index contributed by atoms with van der Waals surface area (Å²) >= 11 is 0. The van der Waals surface area contributed by atoms with Crippen LogP contribution in [-0.4, -0.2) is 52.4 Å². The molecule has 0 atom stereocenters. The summed E-state index contributed by atoms with van der Waals surface area (Å²) < 4.78 is 27.5. The van der Waals surface area contributed by atoms with Crippen LogP contribution in [0.5, 0.6) is 0 Å². The van der Waals surface area contributed by atoms with Crippen molar-refractivity contribution in [2.75, 3.05) is 13.1 Å². The molecule has 2 aromatic heterocycles. The van der Waals surface area contributed by atoms with Crippen LogP contribution < -0.4 is 5.43 Å². The van der Waals surface area contributed by atoms with Crippen LogP contribution in [0.2, 0.25) is 0 Å². The number of hydrogen-bond donors (Lipinski definition) is 0. The maximum absolute atomic E-state index is 13.0. The fourth-order valence-electron chi connectivity index (χ4n) is 4.40. The Morgan fingerprint density at radius 3 is 2.48 bits per heavy atom. The highest BCUT2D eigenvalue weighted by atomic mass is 32.2. The SMILES string of the molecule is CCn1cc(C(=O)N2CC(S(=O)(=O)C3CCCCC3)C2)c(=O)c2ccc(C)nc21. The molecule has 1 amide bonds. The molecule has 29 heavy (non-hydrogen) atoms. The molecule has 1 saturated carbocycles. The van der Waals surface area contributed by atoms with E-state index in [1.54, 1.807) is 22.9 Å². The van der Waals surface area contributed by atoms with E-state index in [1.165, 1.54) is 4.90 Å². The van der Waals surface area contributed by atoms with Gasteiger partial charge in [-0.3, -0.25) is 9.59 Å². The van der Waals surface area contributed by atoms with Crippen LogP contribution in [0.25, 0.3) is 11.0 Å². The summed E-state index contributed by atoms with van der Waals surface area (Å²) in [6.07, 6.45) is 6.03. The van der Waals surface area contributed by atoms with E-state index in [9.17, 15) is 18.0 Å². The van der Waals surface area contributed by atoms with Crippen LogP contribution >= 0.6 is 0 Å². The number of nitrogens with zero attached hydrogens (tertiary/aromatic N) is 3. The Balaban J connectivity index is 1.57. The average molecular weight is 418 g/mol. The van der Waals surface area contributed by atoms with Crippen molar-refractivity contribution >= 4 is 26.8 Å². The largest absolute Gasteiger partial charge is 0.336 e. The zero-order chi connectivity index (χ0) is 20.8. The zero-order valence-corrected chi connectivity index (χ0v) is 17.7. The summed E-state index contributed by atoms with van der Waals surface area (Å²) in [5.74, 6) is -0.394. The van der Waals surface area contributed by atoms with Gasteiger partial charge in [-0.15, -0.1) is 0 Å². The van der Waals surface area contributed by atoms with E-state index in [0.717, 1.165) is 37.8 Å². The van der Waals surface area contributed by atoms with E-state index >= 15 is 0 Å². The Bertz CT molecular complexity index is 1110. The number of pyridine rings is 2. The molecule has 4 rings (SSSR count). The smallest absolute Gasteiger partial charge is 0.259 e. The highest BCUT2D eigenvalue weighted by Gasteiger charge is 2.44. The summed E-state index contributed by atoms with van der Waals surface area (Å²) in [6.45, 7) is 4.71. The van der Waals surface area contributed by atoms with Crippen molar-refractivity contribution in [1.29, 1.82) is 0 Å². The van der Waals surface area contributed by atoms with Crippen molar-refractivity contribution in [2.24, 2.45) is 0 Å². The van der Waals surface area contributed by atoms with Gasteiger partial charge in [-0.05, 0) is 38.8 Å². The molecule has 0 bridgehead atoms. The van der Waals surface area contributed by atoms with Crippen molar-refractivity contribution in [3.05, 3.63) is 39.8 Å². The quantitative estimate of drug-likeness (QED) is 0.761. The lowest BCUT2D eigenvalue weighted by atomic mass is 10.0. The maximum Gasteiger partial charge on any atom is 0.259 e. The first kappa shape index (κ1) is 20.1. The molecule has 1 aliphatic heterocycles. The number of sulfone groups is 1. The van der Waals surface area contributed by atoms with E-state index in [0.29, 0.717) is 17.6 Å². The van der Waals surface area contributed by atoms with Gasteiger partial charge in [0.1, 0.15) is 11.2 Å². The Hall–Kier alpha value is -2.22. The summed E-state index contributed by atoms with van der Waals surface area (Å²) in [5.41, 5.74) is 1.10. The third kappa shape index (κ3) is 3.47. The van der Waals surface area contributed by atoms with Gasteiger partial charge >= 0.3 is 0 Å². The van der Waals surface area contributed by atoms with Gasteiger partial charge in [0.05, 0.1) is 15.9 Å². The lowest BCUT2D eigenvalue weighted by Crippen LogP contribution is -2.59. The number of fused-ring (bicyclic) bond motifs is 1. The second kappa shape index (κ2) is 7.55. The van der Waals surface area contributed by atoms with Crippen LogP contribution in [0.4, 0.5) is 0 Å². The van der Waals surface area contributed by atoms with E-state index < -0.39 is 21.0 Å². The summed E-state index contributed by atoms with van der Waals surface area (Å²) in [6, 6.07) is 3.46. The topological polar surface area (TPSA) is 89.3 Å². The van der Waals surface area contributed by atoms with Gasteiger partial charge in [0.15, 0.2) is 9.84 Å². The van der Waals surface area contributed by atoms with Crippen molar-refractivity contribution in [1.82, 2.24) is 14.5 Å². The molecule has 3 heterocycles. The van der Waals surface area contributed by atoms with E-state index in [4.69, 9.17) is 0 Å². The molecule has 8 heteroatoms. The number of aromatic nitrogens is 2. The predicted octanol–water partition coefficient (Wildman–Crippen LogP) is 2.30. The molecule has 1 saturated heterocycles. The first-order valence-corrected chi connectivity index (χ1v) is 12.0. The van der Waals surface area contributed by atoms with Crippen LogP contribution in [0, 0.1) is 6.92 Å². The number of aryl methyl sites for hydroxylation is 2. The second-order valence-electron chi connectivity index (χ2n) is 8.16. The molecule has 156 valence electrons. The van der Waals surface area contributed by atoms with Gasteiger partial charge in [0, 0.05) is 31.5 Å². The molecule has 7 nitrogen and oxygen atoms in total. The third-order valence-electron chi connectivity index (χ3n) is 6.25.